The van der Waals surface area contributed by atoms with Crippen LogP contribution in [0.4, 0.5) is 0 Å². The van der Waals surface area contributed by atoms with E-state index in [4.69, 9.17) is 14.2 Å². The number of carbonyl (C=O) groups excluding carboxylic acids is 3. The van der Waals surface area contributed by atoms with Crippen molar-refractivity contribution in [1.29, 1.82) is 0 Å². The molecule has 0 fully saturated rings. The topological polar surface area (TPSA) is 187 Å². The van der Waals surface area contributed by atoms with Crippen molar-refractivity contribution in [1.82, 2.24) is 15.5 Å². The Labute approximate surface area is 290 Å². The predicted molar refractivity (Wildman–Crippen MR) is 189 cm³/mol. The SMILES string of the molecule is COc1cc(/C=C/C(=O)N(CCCCNC(=O)/C=C/c2ccc(O)cc2)CCCNC(=O)/C=C/c2cc(OC)c(O)c(OC)c2)cc(O)c1O. The summed E-state index contributed by atoms with van der Waals surface area (Å²) < 4.78 is 15.4. The number of benzene rings is 3. The first-order valence-electron chi connectivity index (χ1n) is 15.8. The third kappa shape index (κ3) is 12.2. The Bertz CT molecular complexity index is 1680. The number of hydrogen-bond donors (Lipinski definition) is 6. The minimum absolute atomic E-state index is 0.0578. The van der Waals surface area contributed by atoms with Crippen LogP contribution >= 0.6 is 0 Å². The monoisotopic (exact) mass is 689 g/mol. The summed E-state index contributed by atoms with van der Waals surface area (Å²) in [7, 11) is 4.16. The molecular weight excluding hydrogens is 646 g/mol. The average Bonchev–Trinajstić information content (AvgIpc) is 3.11. The second kappa shape index (κ2) is 19.6. The average molecular weight is 690 g/mol. The quantitative estimate of drug-likeness (QED) is 0.0642. The van der Waals surface area contributed by atoms with Gasteiger partial charge in [-0.25, -0.2) is 0 Å². The number of ether oxygens (including phenoxy) is 3. The normalized spacial score (nSPS) is 11.2. The molecule has 3 rings (SSSR count). The second-order valence-electron chi connectivity index (χ2n) is 10.9. The van der Waals surface area contributed by atoms with Gasteiger partial charge in [0.05, 0.1) is 21.3 Å². The van der Waals surface area contributed by atoms with Gasteiger partial charge < -0.3 is 50.2 Å². The van der Waals surface area contributed by atoms with E-state index in [1.807, 2.05) is 0 Å². The van der Waals surface area contributed by atoms with Gasteiger partial charge in [0.2, 0.25) is 29.2 Å². The lowest BCUT2D eigenvalue weighted by Crippen LogP contribution is -2.34. The lowest BCUT2D eigenvalue weighted by atomic mass is 10.1. The van der Waals surface area contributed by atoms with E-state index in [2.05, 4.69) is 10.6 Å². The summed E-state index contributed by atoms with van der Waals surface area (Å²) in [5.41, 5.74) is 1.79. The lowest BCUT2D eigenvalue weighted by molar-refractivity contribution is -0.126. The van der Waals surface area contributed by atoms with Gasteiger partial charge in [0.15, 0.2) is 23.0 Å². The molecule has 3 amide bonds. The number of phenolic OH excluding ortho intramolecular Hbond substituents is 4. The molecule has 3 aromatic carbocycles. The molecule has 0 radical (unpaired) electrons. The number of hydrogen-bond acceptors (Lipinski definition) is 10. The van der Waals surface area contributed by atoms with Gasteiger partial charge in [-0.2, -0.15) is 0 Å². The molecule has 0 saturated heterocycles. The van der Waals surface area contributed by atoms with E-state index in [9.17, 15) is 34.8 Å². The molecule has 13 nitrogen and oxygen atoms in total. The molecule has 0 unspecified atom stereocenters. The minimum Gasteiger partial charge on any atom is -0.508 e. The molecule has 0 bridgehead atoms. The van der Waals surface area contributed by atoms with Crippen molar-refractivity contribution in [3.8, 4) is 40.2 Å². The van der Waals surface area contributed by atoms with Crippen LogP contribution in [0.15, 0.2) is 66.8 Å². The summed E-state index contributed by atoms with van der Waals surface area (Å²) in [5, 5.41) is 44.9. The van der Waals surface area contributed by atoms with Gasteiger partial charge in [0, 0.05) is 44.4 Å². The Balaban J connectivity index is 1.55. The largest absolute Gasteiger partial charge is 0.508 e. The van der Waals surface area contributed by atoms with Crippen molar-refractivity contribution in [2.75, 3.05) is 47.5 Å². The first-order valence-corrected chi connectivity index (χ1v) is 15.8. The zero-order valence-corrected chi connectivity index (χ0v) is 28.2. The molecule has 50 heavy (non-hydrogen) atoms. The van der Waals surface area contributed by atoms with Crippen LogP contribution in [-0.2, 0) is 14.4 Å². The predicted octanol–water partition coefficient (Wildman–Crippen LogP) is 4.21. The highest BCUT2D eigenvalue weighted by atomic mass is 16.5. The second-order valence-corrected chi connectivity index (χ2v) is 10.9. The molecule has 0 saturated carbocycles. The molecule has 0 aliphatic carbocycles. The van der Waals surface area contributed by atoms with Crippen molar-refractivity contribution < 1.29 is 49.0 Å². The van der Waals surface area contributed by atoms with Gasteiger partial charge in [-0.1, -0.05) is 12.1 Å². The molecule has 0 aliphatic rings. The number of nitrogens with one attached hydrogen (secondary N) is 2. The summed E-state index contributed by atoms with van der Waals surface area (Å²) >= 11 is 0. The highest BCUT2D eigenvalue weighted by Crippen LogP contribution is 2.38. The molecule has 0 spiro atoms. The Morgan fingerprint density at radius 1 is 0.620 bits per heavy atom. The van der Waals surface area contributed by atoms with Crippen molar-refractivity contribution >= 4 is 35.9 Å². The third-order valence-electron chi connectivity index (χ3n) is 7.33. The first-order chi connectivity index (χ1) is 24.0. The van der Waals surface area contributed by atoms with Crippen LogP contribution < -0.4 is 24.8 Å². The number of carbonyl (C=O) groups is 3. The van der Waals surface area contributed by atoms with E-state index in [1.165, 1.54) is 69.9 Å². The highest BCUT2D eigenvalue weighted by Gasteiger charge is 2.13. The van der Waals surface area contributed by atoms with Gasteiger partial charge in [0.25, 0.3) is 0 Å². The summed E-state index contributed by atoms with van der Waals surface area (Å²) in [6.07, 6.45) is 10.4. The zero-order chi connectivity index (χ0) is 36.5. The van der Waals surface area contributed by atoms with Crippen LogP contribution in [0.2, 0.25) is 0 Å². The fourth-order valence-electron chi connectivity index (χ4n) is 4.65. The number of rotatable bonds is 18. The van der Waals surface area contributed by atoms with Gasteiger partial charge >= 0.3 is 0 Å². The summed E-state index contributed by atoms with van der Waals surface area (Å²) in [6, 6.07) is 12.4. The maximum atomic E-state index is 13.2. The van der Waals surface area contributed by atoms with E-state index in [0.29, 0.717) is 50.0 Å². The number of unbranched alkanes of at least 4 members (excludes halogenated alkanes) is 1. The van der Waals surface area contributed by atoms with Crippen LogP contribution in [0.25, 0.3) is 18.2 Å². The molecule has 0 atom stereocenters. The Morgan fingerprint density at radius 3 is 1.68 bits per heavy atom. The van der Waals surface area contributed by atoms with Crippen LogP contribution in [0.5, 0.6) is 40.2 Å². The van der Waals surface area contributed by atoms with Gasteiger partial charge in [-0.3, -0.25) is 14.4 Å². The van der Waals surface area contributed by atoms with Gasteiger partial charge in [-0.05, 0) is 90.6 Å². The standard InChI is InChI=1S/C37H43N3O10/c1-48-30-22-26(21-29(42)36(30)46)11-16-35(45)40(19-5-4-17-38-33(43)14-9-25-7-12-28(41)13-8-25)20-6-18-39-34(44)15-10-27-23-31(49-2)37(47)32(24-27)50-3/h7-16,21-24,41-42,46-47H,4-6,17-20H2,1-3H3,(H,38,43)(H,39,44)/b14-9+,15-10+,16-11+. The molecule has 0 aromatic heterocycles. The molecule has 0 heterocycles. The molecule has 0 aliphatic heterocycles. The smallest absolute Gasteiger partial charge is 0.246 e. The van der Waals surface area contributed by atoms with Gasteiger partial charge in [0.1, 0.15) is 5.75 Å². The van der Waals surface area contributed by atoms with Crippen molar-refractivity contribution in [2.45, 2.75) is 19.3 Å². The van der Waals surface area contributed by atoms with Crippen molar-refractivity contribution in [2.24, 2.45) is 0 Å². The number of phenols is 4. The van der Waals surface area contributed by atoms with E-state index in [1.54, 1.807) is 41.3 Å². The summed E-state index contributed by atoms with van der Waals surface area (Å²) in [4.78, 5) is 39.5. The Morgan fingerprint density at radius 2 is 1.10 bits per heavy atom. The molecule has 6 N–H and O–H groups in total. The third-order valence-corrected chi connectivity index (χ3v) is 7.33. The maximum Gasteiger partial charge on any atom is 0.246 e. The number of methoxy groups -OCH3 is 3. The molecular formula is C37H43N3O10. The summed E-state index contributed by atoms with van der Waals surface area (Å²) in [6.45, 7) is 1.38. The van der Waals surface area contributed by atoms with Crippen LogP contribution in [0.1, 0.15) is 36.0 Å². The van der Waals surface area contributed by atoms with Crippen LogP contribution in [-0.4, -0.2) is 90.6 Å². The maximum absolute atomic E-state index is 13.2. The molecule has 266 valence electrons. The minimum atomic E-state index is -0.403. The van der Waals surface area contributed by atoms with E-state index < -0.39 is 5.75 Å². The van der Waals surface area contributed by atoms with Crippen LogP contribution in [0.3, 0.4) is 0 Å². The Kier molecular flexibility index (Phi) is 15.1. The van der Waals surface area contributed by atoms with E-state index in [0.717, 1.165) is 5.56 Å². The zero-order valence-electron chi connectivity index (χ0n) is 28.2. The summed E-state index contributed by atoms with van der Waals surface area (Å²) in [5.74, 6) is -1.26. The number of aromatic hydroxyl groups is 4. The lowest BCUT2D eigenvalue weighted by Gasteiger charge is -2.21. The van der Waals surface area contributed by atoms with Crippen molar-refractivity contribution in [3.63, 3.8) is 0 Å². The van der Waals surface area contributed by atoms with Crippen molar-refractivity contribution in [3.05, 3.63) is 83.4 Å². The van der Waals surface area contributed by atoms with Gasteiger partial charge in [-0.15, -0.1) is 0 Å². The van der Waals surface area contributed by atoms with E-state index >= 15 is 0 Å². The fraction of sp³-hybridized carbons (Fsp3) is 0.270. The number of nitrogens with zero attached hydrogens (tertiary/aromatic N) is 1. The highest BCUT2D eigenvalue weighted by molar-refractivity contribution is 5.93. The van der Waals surface area contributed by atoms with Crippen LogP contribution in [0, 0.1) is 0 Å². The molecule has 3 aromatic rings. The van der Waals surface area contributed by atoms with E-state index in [-0.39, 0.29) is 58.8 Å². The fourth-order valence-corrected chi connectivity index (χ4v) is 4.65. The number of amides is 3. The molecule has 13 heteroatoms. The Hall–Kier alpha value is -6.11. The first kappa shape index (κ1) is 38.3.